The number of nitrogens with zero attached hydrogens (tertiary/aromatic N) is 1. The molecule has 0 aliphatic heterocycles. The first-order chi connectivity index (χ1) is 13.9. The quantitative estimate of drug-likeness (QED) is 0.361. The molecule has 30 heavy (non-hydrogen) atoms. The molecule has 0 aliphatic rings. The van der Waals surface area contributed by atoms with Gasteiger partial charge in [-0.05, 0) is 30.9 Å². The summed E-state index contributed by atoms with van der Waals surface area (Å²) in [5.41, 5.74) is -0.000948. The lowest BCUT2D eigenvalue weighted by molar-refractivity contribution is -0.140. The molecular formula is C19H25F3N2O6. The third-order valence-corrected chi connectivity index (χ3v) is 4.48. The highest BCUT2D eigenvalue weighted by atomic mass is 19.4. The number of esters is 2. The van der Waals surface area contributed by atoms with Crippen LogP contribution in [0.25, 0.3) is 0 Å². The number of ketones is 1. The first-order valence-corrected chi connectivity index (χ1v) is 8.82. The molecule has 1 aromatic heterocycles. The molecule has 0 aliphatic carbocycles. The second-order valence-corrected chi connectivity index (χ2v) is 6.46. The Morgan fingerprint density at radius 2 is 1.70 bits per heavy atom. The fraction of sp³-hybridized carbons (Fsp3) is 0.526. The van der Waals surface area contributed by atoms with Crippen molar-refractivity contribution in [3.63, 3.8) is 0 Å². The molecule has 0 bridgehead atoms. The van der Waals surface area contributed by atoms with E-state index in [0.717, 1.165) is 24.9 Å². The maximum Gasteiger partial charge on any atom is 0.456 e. The molecule has 1 atom stereocenters. The predicted octanol–water partition coefficient (Wildman–Crippen LogP) is 2.14. The van der Waals surface area contributed by atoms with Crippen LogP contribution in [0.1, 0.15) is 28.7 Å². The second kappa shape index (κ2) is 10.3. The van der Waals surface area contributed by atoms with Crippen molar-refractivity contribution in [2.24, 2.45) is 5.92 Å². The number of hydrogen-bond acceptors (Lipinski definition) is 7. The Kier molecular flexibility index (Phi) is 8.64. The Hall–Kier alpha value is -2.82. The minimum atomic E-state index is -5.06. The predicted molar refractivity (Wildman–Crippen MR) is 99.5 cm³/mol. The number of ether oxygens (including phenoxy) is 3. The number of carbonyl (C=O) groups excluding carboxylic acids is 3. The van der Waals surface area contributed by atoms with Crippen molar-refractivity contribution in [3.8, 4) is 0 Å². The monoisotopic (exact) mass is 434 g/mol. The zero-order valence-electron chi connectivity index (χ0n) is 17.6. The highest BCUT2D eigenvalue weighted by Crippen LogP contribution is 2.29. The van der Waals surface area contributed by atoms with E-state index in [0.29, 0.717) is 11.3 Å². The molecule has 11 heteroatoms. The molecule has 0 saturated carbocycles. The van der Waals surface area contributed by atoms with E-state index in [1.807, 2.05) is 0 Å². The fourth-order valence-electron chi connectivity index (χ4n) is 3.11. The molecule has 0 saturated heterocycles. The lowest BCUT2D eigenvalue weighted by Crippen LogP contribution is -2.28. The van der Waals surface area contributed by atoms with Gasteiger partial charge >= 0.3 is 18.1 Å². The average Bonchev–Trinajstić information content (AvgIpc) is 2.99. The van der Waals surface area contributed by atoms with E-state index >= 15 is 0 Å². The number of nitrogens with one attached hydrogen (secondary N) is 1. The Bertz CT molecular complexity index is 842. The molecule has 1 unspecified atom stereocenters. The zero-order valence-corrected chi connectivity index (χ0v) is 17.6. The molecule has 168 valence electrons. The van der Waals surface area contributed by atoms with Crippen molar-refractivity contribution in [3.05, 3.63) is 34.3 Å². The Labute approximate surface area is 172 Å². The summed E-state index contributed by atoms with van der Waals surface area (Å²) in [6, 6.07) is 1.12. The van der Waals surface area contributed by atoms with Crippen LogP contribution in [-0.2, 0) is 37.0 Å². The van der Waals surface area contributed by atoms with Crippen LogP contribution in [0.4, 0.5) is 13.2 Å². The Morgan fingerprint density at radius 3 is 2.13 bits per heavy atom. The summed E-state index contributed by atoms with van der Waals surface area (Å²) < 4.78 is 54.5. The number of methoxy groups -OCH3 is 3. The summed E-state index contributed by atoms with van der Waals surface area (Å²) in [5, 5.41) is 2.60. The first kappa shape index (κ1) is 25.2. The molecule has 8 nitrogen and oxygen atoms in total. The van der Waals surface area contributed by atoms with Gasteiger partial charge in [0.15, 0.2) is 0 Å². The highest BCUT2D eigenvalue weighted by Gasteiger charge is 2.42. The summed E-state index contributed by atoms with van der Waals surface area (Å²) in [4.78, 5) is 36.2. The molecule has 0 fully saturated rings. The van der Waals surface area contributed by atoms with Gasteiger partial charge in [0, 0.05) is 19.9 Å². The van der Waals surface area contributed by atoms with Gasteiger partial charge in [-0.1, -0.05) is 6.92 Å². The van der Waals surface area contributed by atoms with E-state index in [2.05, 4.69) is 10.1 Å². The third-order valence-electron chi connectivity index (χ3n) is 4.48. The molecule has 0 spiro atoms. The SMILES string of the molecule is CN/C(C(=O)OC)=C(/C(=O)OC)C(C)Cc1c(C)cc(C(=O)C(F)(F)F)n1COC. The van der Waals surface area contributed by atoms with Gasteiger partial charge in [-0.25, -0.2) is 9.59 Å². The van der Waals surface area contributed by atoms with Gasteiger partial charge in [-0.15, -0.1) is 0 Å². The standard InChI is InChI=1S/C19H25F3N2O6/c1-10-7-13(16(25)19(20,21)22)24(9-28-4)12(10)8-11(2)14(17(26)29-5)15(23-3)18(27)30-6/h7,11,23H,8-9H2,1-6H3/b15-14+. The average molecular weight is 434 g/mol. The number of likely N-dealkylation sites (N-methyl/N-ethyl adjacent to an activating group) is 1. The number of halogens is 3. The first-order valence-electron chi connectivity index (χ1n) is 8.82. The van der Waals surface area contributed by atoms with Gasteiger partial charge in [-0.2, -0.15) is 13.2 Å². The number of rotatable bonds is 9. The van der Waals surface area contributed by atoms with E-state index in [1.165, 1.54) is 14.2 Å². The van der Waals surface area contributed by atoms with Crippen LogP contribution in [0.15, 0.2) is 17.3 Å². The van der Waals surface area contributed by atoms with Crippen LogP contribution in [0.5, 0.6) is 0 Å². The van der Waals surface area contributed by atoms with Crippen LogP contribution in [-0.4, -0.2) is 56.8 Å². The lowest BCUT2D eigenvalue weighted by atomic mass is 9.93. The summed E-state index contributed by atoms with van der Waals surface area (Å²) >= 11 is 0. The number of aryl methyl sites for hydroxylation is 1. The summed E-state index contributed by atoms with van der Waals surface area (Å²) in [6.45, 7) is 2.84. The molecular weight excluding hydrogens is 409 g/mol. The van der Waals surface area contributed by atoms with Crippen molar-refractivity contribution in [2.45, 2.75) is 33.2 Å². The zero-order chi connectivity index (χ0) is 23.2. The molecule has 1 rings (SSSR count). The second-order valence-electron chi connectivity index (χ2n) is 6.46. The van der Waals surface area contributed by atoms with Crippen molar-refractivity contribution in [1.82, 2.24) is 9.88 Å². The maximum atomic E-state index is 13.0. The van der Waals surface area contributed by atoms with E-state index in [9.17, 15) is 27.6 Å². The lowest BCUT2D eigenvalue weighted by Gasteiger charge is -2.20. The molecule has 0 aromatic carbocycles. The van der Waals surface area contributed by atoms with Crippen LogP contribution in [0.3, 0.4) is 0 Å². The number of aromatic nitrogens is 1. The van der Waals surface area contributed by atoms with Crippen LogP contribution >= 0.6 is 0 Å². The Balaban J connectivity index is 3.54. The molecule has 0 amide bonds. The van der Waals surface area contributed by atoms with Crippen molar-refractivity contribution in [2.75, 3.05) is 28.4 Å². The van der Waals surface area contributed by atoms with Crippen LogP contribution in [0.2, 0.25) is 0 Å². The summed E-state index contributed by atoms with van der Waals surface area (Å²) in [7, 11) is 4.97. The van der Waals surface area contributed by atoms with Gasteiger partial charge in [0.2, 0.25) is 0 Å². The minimum Gasteiger partial charge on any atom is -0.466 e. The third kappa shape index (κ3) is 5.41. The van der Waals surface area contributed by atoms with E-state index in [1.54, 1.807) is 13.8 Å². The van der Waals surface area contributed by atoms with Crippen molar-refractivity contribution < 1.29 is 41.8 Å². The van der Waals surface area contributed by atoms with Gasteiger partial charge in [0.05, 0.1) is 25.5 Å². The normalized spacial score (nSPS) is 13.4. The molecule has 1 N–H and O–H groups in total. The maximum absolute atomic E-state index is 13.0. The Morgan fingerprint density at radius 1 is 1.13 bits per heavy atom. The number of alkyl halides is 3. The molecule has 0 radical (unpaired) electrons. The van der Waals surface area contributed by atoms with E-state index in [4.69, 9.17) is 9.47 Å². The smallest absolute Gasteiger partial charge is 0.456 e. The van der Waals surface area contributed by atoms with Gasteiger partial charge in [-0.3, -0.25) is 4.79 Å². The molecule has 1 heterocycles. The van der Waals surface area contributed by atoms with E-state index < -0.39 is 35.5 Å². The summed E-state index contributed by atoms with van der Waals surface area (Å²) in [6.07, 6.45) is -5.03. The summed E-state index contributed by atoms with van der Waals surface area (Å²) in [5.74, 6) is -4.29. The largest absolute Gasteiger partial charge is 0.466 e. The molecule has 1 aromatic rings. The van der Waals surface area contributed by atoms with E-state index in [-0.39, 0.29) is 24.4 Å². The minimum absolute atomic E-state index is 0.0208. The fourth-order valence-corrected chi connectivity index (χ4v) is 3.11. The van der Waals surface area contributed by atoms with Crippen molar-refractivity contribution >= 4 is 17.7 Å². The van der Waals surface area contributed by atoms with Crippen molar-refractivity contribution in [1.29, 1.82) is 0 Å². The number of Topliss-reactive ketones (excluding diaryl/α,β-unsaturated/α-hetero) is 1. The number of hydrogen-bond donors (Lipinski definition) is 1. The van der Waals surface area contributed by atoms with Gasteiger partial charge < -0.3 is 24.1 Å². The van der Waals surface area contributed by atoms with Gasteiger partial charge in [0.25, 0.3) is 5.78 Å². The number of carbonyl (C=O) groups is 3. The highest BCUT2D eigenvalue weighted by molar-refractivity contribution is 6.00. The van der Waals surface area contributed by atoms with Crippen LogP contribution in [0, 0.1) is 12.8 Å². The van der Waals surface area contributed by atoms with Gasteiger partial charge in [0.1, 0.15) is 12.4 Å². The van der Waals surface area contributed by atoms with Crippen LogP contribution < -0.4 is 5.32 Å². The topological polar surface area (TPSA) is 95.9 Å².